The number of hydrogen-bond acceptors (Lipinski definition) is 11. The second-order valence-electron chi connectivity index (χ2n) is 18.7. The summed E-state index contributed by atoms with van der Waals surface area (Å²) < 4.78 is 41.6. The number of hydrogen-bond donors (Lipinski definition) is 1. The van der Waals surface area contributed by atoms with Gasteiger partial charge in [0.25, 0.3) is 0 Å². The Balaban J connectivity index is 1.33. The van der Waals surface area contributed by atoms with E-state index in [0.29, 0.717) is 70.3 Å². The third-order valence-corrected chi connectivity index (χ3v) is 20.7. The molecule has 342 valence electrons. The number of benzene rings is 2. The van der Waals surface area contributed by atoms with Gasteiger partial charge in [-0.25, -0.2) is 14.2 Å². The number of aromatic nitrogens is 4. The van der Waals surface area contributed by atoms with Crippen LogP contribution in [-0.2, 0) is 14.3 Å². The van der Waals surface area contributed by atoms with Crippen LogP contribution in [-0.4, -0.2) is 132 Å². The molecule has 8 rings (SSSR count). The van der Waals surface area contributed by atoms with E-state index in [-0.39, 0.29) is 78.7 Å². The van der Waals surface area contributed by atoms with Crippen LogP contribution in [0, 0.1) is 17.3 Å². The van der Waals surface area contributed by atoms with Gasteiger partial charge in [0.2, 0.25) is 11.7 Å². The molecule has 2 aromatic heterocycles. The molecule has 1 N–H and O–H groups in total. The first-order valence-corrected chi connectivity index (χ1v) is 24.8. The zero-order valence-electron chi connectivity index (χ0n) is 38.3. The summed E-state index contributed by atoms with van der Waals surface area (Å²) in [7, 11) is 2.51. The number of carbonyl (C=O) groups excluding carboxylic acids is 2. The number of rotatable bonds is 14. The van der Waals surface area contributed by atoms with Gasteiger partial charge in [-0.1, -0.05) is 53.5 Å². The molecule has 0 spiro atoms. The Labute approximate surface area is 374 Å². The maximum atomic E-state index is 16.4. The van der Waals surface area contributed by atoms with Crippen molar-refractivity contribution in [3.8, 4) is 23.2 Å². The number of halogens is 1. The lowest BCUT2D eigenvalue weighted by Crippen LogP contribution is -2.57. The molecule has 2 bridgehead atoms. The van der Waals surface area contributed by atoms with E-state index in [1.54, 1.807) is 37.3 Å². The van der Waals surface area contributed by atoms with Crippen molar-refractivity contribution in [1.29, 1.82) is 0 Å². The van der Waals surface area contributed by atoms with Crippen LogP contribution in [0.3, 0.4) is 0 Å². The molecule has 4 fully saturated rings. The number of carbonyl (C=O) groups is 3. The van der Waals surface area contributed by atoms with Crippen LogP contribution in [0.5, 0.6) is 11.8 Å². The van der Waals surface area contributed by atoms with Crippen molar-refractivity contribution in [2.45, 2.75) is 127 Å². The molecule has 17 heteroatoms. The molecule has 3 aliphatic heterocycles. The van der Waals surface area contributed by atoms with Gasteiger partial charge in [-0.2, -0.15) is 9.97 Å². The summed E-state index contributed by atoms with van der Waals surface area (Å²) in [5, 5.41) is 11.2. The number of nitrogens with zero attached hydrogens (tertiary/aromatic N) is 7. The van der Waals surface area contributed by atoms with Gasteiger partial charge in [0.1, 0.15) is 31.8 Å². The third kappa shape index (κ3) is 7.85. The van der Waals surface area contributed by atoms with Crippen molar-refractivity contribution in [3.63, 3.8) is 0 Å². The number of methoxy groups -OCH3 is 2. The van der Waals surface area contributed by atoms with E-state index in [9.17, 15) is 14.7 Å². The van der Waals surface area contributed by atoms with Gasteiger partial charge in [0, 0.05) is 57.8 Å². The van der Waals surface area contributed by atoms with Crippen molar-refractivity contribution in [2.24, 2.45) is 0 Å². The van der Waals surface area contributed by atoms with Crippen molar-refractivity contribution >= 4 is 53.6 Å². The Morgan fingerprint density at radius 3 is 2.31 bits per heavy atom. The van der Waals surface area contributed by atoms with Crippen LogP contribution < -0.4 is 14.4 Å². The highest BCUT2D eigenvalue weighted by molar-refractivity contribution is 6.90. The summed E-state index contributed by atoms with van der Waals surface area (Å²) >= 11 is 0. The van der Waals surface area contributed by atoms with Gasteiger partial charge >= 0.3 is 12.1 Å². The lowest BCUT2D eigenvalue weighted by molar-refractivity contribution is -0.127. The standard InChI is InChI=1S/C47H60FN7O8Si/c1-26(2)64(27(3)4,28(5)6)18-17-34-36(48)15-13-29-19-33(63-25-60-8)21-35(40(29)34)42(57)45-49-43-41(55(45)30-11-10-12-30)44(51-46(50-43)62-24-31-14-16-39(56)52(31)7)53-22-32-20-38(61-9)37(23-53)54(32)47(58)59/h13,15,19,21,26-28,30-32,37-38H,10-12,14,16,20,22-25H2,1-9H3,(H,58,59)/t31-,32?,37?,38?/m0/s1. The average molecular weight is 898 g/mol. The number of anilines is 1. The first-order chi connectivity index (χ1) is 30.6. The molecule has 1 saturated carbocycles. The predicted molar refractivity (Wildman–Crippen MR) is 242 cm³/mol. The number of imidazole rings is 1. The minimum atomic E-state index is -2.34. The van der Waals surface area contributed by atoms with Gasteiger partial charge in [0.05, 0.1) is 29.8 Å². The van der Waals surface area contributed by atoms with Crippen molar-refractivity contribution in [2.75, 3.05) is 52.7 Å². The molecule has 3 saturated heterocycles. The highest BCUT2D eigenvalue weighted by atomic mass is 28.3. The molecule has 4 aromatic rings. The fraction of sp³-hybridized carbons (Fsp3) is 0.574. The summed E-state index contributed by atoms with van der Waals surface area (Å²) in [4.78, 5) is 60.6. The fourth-order valence-corrected chi connectivity index (χ4v) is 16.1. The van der Waals surface area contributed by atoms with E-state index in [0.717, 1.165) is 19.3 Å². The highest BCUT2D eigenvalue weighted by Gasteiger charge is 2.50. The fourth-order valence-electron chi connectivity index (χ4n) is 10.9. The number of ether oxygens (including phenoxy) is 4. The second-order valence-corrected chi connectivity index (χ2v) is 24.3. The Morgan fingerprint density at radius 1 is 0.969 bits per heavy atom. The lowest BCUT2D eigenvalue weighted by Gasteiger charge is -2.40. The quantitative estimate of drug-likeness (QED) is 0.0573. The van der Waals surface area contributed by atoms with E-state index >= 15 is 9.18 Å². The predicted octanol–water partition coefficient (Wildman–Crippen LogP) is 7.58. The van der Waals surface area contributed by atoms with Gasteiger partial charge in [-0.05, 0) is 72.3 Å². The SMILES string of the molecule is COCOc1cc(C(=O)c2nc3nc(OC[C@@H]4CCC(=O)N4C)nc(N4CC5CC(OC)C(C4)N5C(=O)O)c3n2C2CCC2)c2c(C#C[Si](C(C)C)(C(C)C)C(C)C)c(F)ccc2c1. The number of fused-ring (bicyclic) bond motifs is 4. The van der Waals surface area contributed by atoms with E-state index in [2.05, 4.69) is 53.0 Å². The van der Waals surface area contributed by atoms with Crippen LogP contribution >= 0.6 is 0 Å². The number of amides is 2. The molecule has 15 nitrogen and oxygen atoms in total. The molecule has 4 aliphatic rings. The minimum absolute atomic E-state index is 0.0250. The normalized spacial score (nSPS) is 21.4. The molecular formula is C47H60FN7O8Si. The molecular weight excluding hydrogens is 838 g/mol. The summed E-state index contributed by atoms with van der Waals surface area (Å²) in [5.41, 5.74) is 5.64. The van der Waals surface area contributed by atoms with Gasteiger partial charge in [-0.15, -0.1) is 5.54 Å². The lowest BCUT2D eigenvalue weighted by atomic mass is 9.91. The van der Waals surface area contributed by atoms with E-state index in [1.165, 1.54) is 18.1 Å². The maximum Gasteiger partial charge on any atom is 0.408 e. The van der Waals surface area contributed by atoms with Crippen LogP contribution in [0.25, 0.3) is 21.9 Å². The third-order valence-electron chi connectivity index (χ3n) is 14.4. The molecule has 5 heterocycles. The summed E-state index contributed by atoms with van der Waals surface area (Å²) in [5.74, 6) is 3.29. The number of piperazine rings is 1. The molecule has 2 aromatic carbocycles. The summed E-state index contributed by atoms with van der Waals surface area (Å²) in [6.07, 6.45) is 2.70. The van der Waals surface area contributed by atoms with Crippen LogP contribution in [0.4, 0.5) is 15.0 Å². The molecule has 64 heavy (non-hydrogen) atoms. The van der Waals surface area contributed by atoms with Crippen molar-refractivity contribution in [3.05, 3.63) is 47.0 Å². The average Bonchev–Trinajstić information content (AvgIpc) is 3.85. The van der Waals surface area contributed by atoms with Crippen LogP contribution in [0.15, 0.2) is 24.3 Å². The Bertz CT molecular complexity index is 2510. The molecule has 1 aliphatic carbocycles. The van der Waals surface area contributed by atoms with E-state index in [4.69, 9.17) is 33.9 Å². The van der Waals surface area contributed by atoms with Crippen LogP contribution in [0.1, 0.15) is 108 Å². The smallest absolute Gasteiger partial charge is 0.408 e. The minimum Gasteiger partial charge on any atom is -0.468 e. The van der Waals surface area contributed by atoms with Gasteiger partial charge in [-0.3, -0.25) is 14.5 Å². The molecule has 3 unspecified atom stereocenters. The zero-order valence-corrected chi connectivity index (χ0v) is 39.3. The Kier molecular flexibility index (Phi) is 12.7. The summed E-state index contributed by atoms with van der Waals surface area (Å²) in [6.45, 7) is 13.9. The number of carboxylic acid groups (broad SMARTS) is 1. The number of likely N-dealkylation sites (tertiary alicyclic amines) is 1. The first-order valence-electron chi connectivity index (χ1n) is 22.5. The van der Waals surface area contributed by atoms with Crippen LogP contribution in [0.2, 0.25) is 16.6 Å². The monoisotopic (exact) mass is 897 g/mol. The zero-order chi connectivity index (χ0) is 45.8. The number of ketones is 1. The molecule has 0 radical (unpaired) electrons. The van der Waals surface area contributed by atoms with Gasteiger partial charge < -0.3 is 38.4 Å². The van der Waals surface area contributed by atoms with Gasteiger partial charge in [0.15, 0.2) is 24.1 Å². The van der Waals surface area contributed by atoms with E-state index < -0.39 is 31.8 Å². The molecule has 4 atom stereocenters. The Morgan fingerprint density at radius 2 is 1.70 bits per heavy atom. The number of likely N-dealkylation sites (N-methyl/N-ethyl adjacent to an activating group) is 1. The Hall–Kier alpha value is -5.31. The second kappa shape index (κ2) is 17.9. The maximum absolute atomic E-state index is 16.4. The van der Waals surface area contributed by atoms with E-state index in [1.807, 2.05) is 9.47 Å². The van der Waals surface area contributed by atoms with Crippen molar-refractivity contribution < 1.29 is 42.8 Å². The largest absolute Gasteiger partial charge is 0.468 e. The summed E-state index contributed by atoms with van der Waals surface area (Å²) in [6, 6.07) is 5.27. The molecule has 2 amide bonds. The highest BCUT2D eigenvalue weighted by Crippen LogP contribution is 2.44. The van der Waals surface area contributed by atoms with Crippen molar-refractivity contribution in [1.82, 2.24) is 29.3 Å². The first kappa shape index (κ1) is 45.3. The topological polar surface area (TPSA) is 162 Å².